The number of hydrogen-bond acceptors (Lipinski definition) is 3. The molecule has 0 aliphatic heterocycles. The quantitative estimate of drug-likeness (QED) is 0.868. The molecule has 5 heteroatoms. The van der Waals surface area contributed by atoms with Gasteiger partial charge in [0.25, 0.3) is 5.91 Å². The lowest BCUT2D eigenvalue weighted by atomic mass is 9.73. The van der Waals surface area contributed by atoms with Crippen LogP contribution in [0, 0.1) is 5.41 Å². The highest BCUT2D eigenvalue weighted by atomic mass is 16.3. The van der Waals surface area contributed by atoms with E-state index in [1.54, 1.807) is 7.05 Å². The van der Waals surface area contributed by atoms with E-state index in [1.165, 1.54) is 22.9 Å². The fraction of sp³-hybridized carbons (Fsp3) is 0.600. The van der Waals surface area contributed by atoms with E-state index in [9.17, 15) is 14.7 Å². The van der Waals surface area contributed by atoms with Crippen LogP contribution >= 0.6 is 0 Å². The molecule has 110 valence electrons. The van der Waals surface area contributed by atoms with E-state index in [1.807, 2.05) is 6.92 Å². The summed E-state index contributed by atoms with van der Waals surface area (Å²) in [5.41, 5.74) is 0.0615. The number of pyridine rings is 1. The number of carbonyl (C=O) groups excluding carboxylic acids is 1. The highest BCUT2D eigenvalue weighted by molar-refractivity contribution is 5.93. The van der Waals surface area contributed by atoms with Crippen LogP contribution in [0.3, 0.4) is 0 Å². The van der Waals surface area contributed by atoms with Crippen LogP contribution in [0.2, 0.25) is 0 Å². The fourth-order valence-corrected chi connectivity index (χ4v) is 2.70. The van der Waals surface area contributed by atoms with Crippen molar-refractivity contribution in [1.29, 1.82) is 0 Å². The highest BCUT2D eigenvalue weighted by Gasteiger charge is 2.35. The first-order chi connectivity index (χ1) is 9.42. The number of aliphatic hydroxyl groups is 1. The molecule has 1 fully saturated rings. The zero-order valence-electron chi connectivity index (χ0n) is 12.1. The number of rotatable bonds is 3. The summed E-state index contributed by atoms with van der Waals surface area (Å²) >= 11 is 0. The molecule has 1 amide bonds. The SMILES string of the molecule is Cn1cc(C(=O)NCC2(C)CCCCC2O)ccc1=O. The standard InChI is InChI=1S/C15H22N2O3/c1-15(8-4-3-5-12(15)18)10-16-14(20)11-6-7-13(19)17(2)9-11/h6-7,9,12,18H,3-5,8,10H2,1-2H3,(H,16,20). The van der Waals surface area contributed by atoms with Crippen molar-refractivity contribution < 1.29 is 9.90 Å². The maximum Gasteiger partial charge on any atom is 0.252 e. The number of aromatic nitrogens is 1. The first-order valence-electron chi connectivity index (χ1n) is 7.05. The van der Waals surface area contributed by atoms with Gasteiger partial charge in [-0.1, -0.05) is 19.8 Å². The molecular formula is C15H22N2O3. The number of aryl methyl sites for hydroxylation is 1. The van der Waals surface area contributed by atoms with Gasteiger partial charge in [0.1, 0.15) is 0 Å². The van der Waals surface area contributed by atoms with E-state index in [0.717, 1.165) is 25.7 Å². The van der Waals surface area contributed by atoms with E-state index >= 15 is 0 Å². The predicted octanol–water partition coefficient (Wildman–Crippen LogP) is 1.06. The van der Waals surface area contributed by atoms with Crippen molar-refractivity contribution in [1.82, 2.24) is 9.88 Å². The average Bonchev–Trinajstić information content (AvgIpc) is 2.43. The molecule has 0 aromatic carbocycles. The van der Waals surface area contributed by atoms with Crippen LogP contribution in [-0.4, -0.2) is 28.2 Å². The normalized spacial score (nSPS) is 26.2. The van der Waals surface area contributed by atoms with Crippen LogP contribution in [0.5, 0.6) is 0 Å². The molecule has 1 saturated carbocycles. The Morgan fingerprint density at radius 2 is 2.25 bits per heavy atom. The second-order valence-electron chi connectivity index (χ2n) is 5.97. The van der Waals surface area contributed by atoms with Crippen LogP contribution in [0.4, 0.5) is 0 Å². The molecule has 1 aromatic rings. The van der Waals surface area contributed by atoms with E-state index < -0.39 is 0 Å². The summed E-state index contributed by atoms with van der Waals surface area (Å²) in [6, 6.07) is 2.91. The minimum absolute atomic E-state index is 0.142. The molecule has 0 bridgehead atoms. The van der Waals surface area contributed by atoms with Crippen molar-refractivity contribution in [2.45, 2.75) is 38.7 Å². The van der Waals surface area contributed by atoms with Crippen molar-refractivity contribution in [3.05, 3.63) is 34.2 Å². The van der Waals surface area contributed by atoms with Gasteiger partial charge < -0.3 is 15.0 Å². The summed E-state index contributed by atoms with van der Waals surface area (Å²) < 4.78 is 1.38. The molecule has 2 rings (SSSR count). The first-order valence-corrected chi connectivity index (χ1v) is 7.05. The molecule has 5 nitrogen and oxygen atoms in total. The van der Waals surface area contributed by atoms with Crippen LogP contribution in [0.15, 0.2) is 23.1 Å². The van der Waals surface area contributed by atoms with E-state index in [-0.39, 0.29) is 23.0 Å². The van der Waals surface area contributed by atoms with Crippen LogP contribution in [0.25, 0.3) is 0 Å². The number of nitrogens with one attached hydrogen (secondary N) is 1. The second kappa shape index (κ2) is 5.79. The minimum atomic E-state index is -0.364. The molecule has 1 heterocycles. The Kier molecular flexibility index (Phi) is 4.28. The van der Waals surface area contributed by atoms with E-state index in [2.05, 4.69) is 5.32 Å². The molecule has 1 aliphatic rings. The maximum absolute atomic E-state index is 12.1. The molecule has 0 spiro atoms. The predicted molar refractivity (Wildman–Crippen MR) is 76.6 cm³/mol. The molecule has 2 atom stereocenters. The number of aliphatic hydroxyl groups excluding tert-OH is 1. The third-order valence-corrected chi connectivity index (χ3v) is 4.28. The Morgan fingerprint density at radius 1 is 1.50 bits per heavy atom. The molecule has 1 aromatic heterocycles. The Hall–Kier alpha value is -1.62. The van der Waals surface area contributed by atoms with Crippen LogP contribution < -0.4 is 10.9 Å². The summed E-state index contributed by atoms with van der Waals surface area (Å²) in [4.78, 5) is 23.4. The Labute approximate surface area is 118 Å². The lowest BCUT2D eigenvalue weighted by Gasteiger charge is -2.38. The third kappa shape index (κ3) is 3.10. The molecule has 0 saturated heterocycles. The third-order valence-electron chi connectivity index (χ3n) is 4.28. The van der Waals surface area contributed by atoms with Gasteiger partial charge in [-0.25, -0.2) is 0 Å². The van der Waals surface area contributed by atoms with Crippen molar-refractivity contribution in [2.24, 2.45) is 12.5 Å². The van der Waals surface area contributed by atoms with Crippen LogP contribution in [0.1, 0.15) is 43.0 Å². The minimum Gasteiger partial charge on any atom is -0.392 e. The smallest absolute Gasteiger partial charge is 0.252 e. The average molecular weight is 278 g/mol. The van der Waals surface area contributed by atoms with Crippen molar-refractivity contribution >= 4 is 5.91 Å². The van der Waals surface area contributed by atoms with Gasteiger partial charge in [0.2, 0.25) is 5.56 Å². The molecule has 1 aliphatic carbocycles. The molecule has 2 unspecified atom stereocenters. The van der Waals surface area contributed by atoms with Gasteiger partial charge in [-0.3, -0.25) is 9.59 Å². The Balaban J connectivity index is 2.01. The van der Waals surface area contributed by atoms with Crippen molar-refractivity contribution in [3.8, 4) is 0 Å². The number of hydrogen-bond donors (Lipinski definition) is 2. The van der Waals surface area contributed by atoms with Gasteiger partial charge in [0, 0.05) is 31.3 Å². The monoisotopic (exact) mass is 278 g/mol. The van der Waals surface area contributed by atoms with Crippen molar-refractivity contribution in [2.75, 3.05) is 6.54 Å². The van der Waals surface area contributed by atoms with E-state index in [4.69, 9.17) is 0 Å². The molecule has 2 N–H and O–H groups in total. The Bertz CT molecular complexity index is 552. The summed E-state index contributed by atoms with van der Waals surface area (Å²) in [6.07, 6.45) is 5.01. The summed E-state index contributed by atoms with van der Waals surface area (Å²) in [7, 11) is 1.62. The largest absolute Gasteiger partial charge is 0.392 e. The molecule has 0 radical (unpaired) electrons. The van der Waals surface area contributed by atoms with Gasteiger partial charge >= 0.3 is 0 Å². The van der Waals surface area contributed by atoms with Gasteiger partial charge in [-0.2, -0.15) is 0 Å². The van der Waals surface area contributed by atoms with Gasteiger partial charge in [-0.15, -0.1) is 0 Å². The lowest BCUT2D eigenvalue weighted by molar-refractivity contribution is 0.00190. The number of carbonyl (C=O) groups is 1. The second-order valence-corrected chi connectivity index (χ2v) is 5.97. The van der Waals surface area contributed by atoms with E-state index in [0.29, 0.717) is 12.1 Å². The molecular weight excluding hydrogens is 256 g/mol. The highest BCUT2D eigenvalue weighted by Crippen LogP contribution is 2.35. The zero-order valence-corrected chi connectivity index (χ0v) is 12.1. The zero-order chi connectivity index (χ0) is 14.8. The number of amides is 1. The maximum atomic E-state index is 12.1. The van der Waals surface area contributed by atoms with Crippen molar-refractivity contribution in [3.63, 3.8) is 0 Å². The van der Waals surface area contributed by atoms with Gasteiger partial charge in [-0.05, 0) is 18.9 Å². The number of nitrogens with zero attached hydrogens (tertiary/aromatic N) is 1. The summed E-state index contributed by atoms with van der Waals surface area (Å²) in [5.74, 6) is -0.209. The topological polar surface area (TPSA) is 71.3 Å². The molecule has 20 heavy (non-hydrogen) atoms. The lowest BCUT2D eigenvalue weighted by Crippen LogP contribution is -2.45. The summed E-state index contributed by atoms with van der Waals surface area (Å²) in [6.45, 7) is 2.47. The summed E-state index contributed by atoms with van der Waals surface area (Å²) in [5, 5.41) is 13.0. The van der Waals surface area contributed by atoms with Gasteiger partial charge in [0.15, 0.2) is 0 Å². The fourth-order valence-electron chi connectivity index (χ4n) is 2.70. The van der Waals surface area contributed by atoms with Gasteiger partial charge in [0.05, 0.1) is 11.7 Å². The first kappa shape index (κ1) is 14.8. The Morgan fingerprint density at radius 3 is 2.90 bits per heavy atom. The van der Waals surface area contributed by atoms with Crippen LogP contribution in [-0.2, 0) is 7.05 Å².